The first-order valence-electron chi connectivity index (χ1n) is 4.52. The Hall–Kier alpha value is -1.69. The second-order valence-electron chi connectivity index (χ2n) is 3.32. The van der Waals surface area contributed by atoms with Crippen LogP contribution in [0.4, 0.5) is 5.69 Å². The second-order valence-corrected chi connectivity index (χ2v) is 4.17. The molecule has 0 aliphatic carbocycles. The Morgan fingerprint density at radius 2 is 2.25 bits per heavy atom. The zero-order chi connectivity index (χ0) is 11.7. The van der Waals surface area contributed by atoms with Crippen molar-refractivity contribution < 1.29 is 4.92 Å². The predicted molar refractivity (Wildman–Crippen MR) is 62.7 cm³/mol. The van der Waals surface area contributed by atoms with Gasteiger partial charge in [0.25, 0.3) is 5.69 Å². The molecule has 1 aromatic heterocycles. The average molecular weight is 282 g/mol. The lowest BCUT2D eigenvalue weighted by Crippen LogP contribution is -1.97. The first kappa shape index (κ1) is 10.8. The Morgan fingerprint density at radius 1 is 1.50 bits per heavy atom. The highest BCUT2D eigenvalue weighted by Gasteiger charge is 2.14. The number of rotatable bonds is 2. The summed E-state index contributed by atoms with van der Waals surface area (Å²) in [6, 6.07) is 3.26. The van der Waals surface area contributed by atoms with Gasteiger partial charge in [-0.25, -0.2) is 4.98 Å². The van der Waals surface area contributed by atoms with Crippen molar-refractivity contribution in [3.63, 3.8) is 0 Å². The summed E-state index contributed by atoms with van der Waals surface area (Å²) in [5.41, 5.74) is 1.56. The van der Waals surface area contributed by atoms with Crippen LogP contribution in [0.3, 0.4) is 0 Å². The van der Waals surface area contributed by atoms with Gasteiger partial charge in [-0.1, -0.05) is 0 Å². The van der Waals surface area contributed by atoms with E-state index < -0.39 is 4.92 Å². The molecule has 2 aromatic rings. The van der Waals surface area contributed by atoms with Crippen LogP contribution < -0.4 is 0 Å². The molecular formula is C10H8BrN3O2. The summed E-state index contributed by atoms with van der Waals surface area (Å²) in [7, 11) is 0. The van der Waals surface area contributed by atoms with Gasteiger partial charge in [0.05, 0.1) is 16.9 Å². The van der Waals surface area contributed by atoms with Crippen molar-refractivity contribution in [3.05, 3.63) is 51.0 Å². The van der Waals surface area contributed by atoms with Crippen LogP contribution in [-0.2, 0) is 0 Å². The van der Waals surface area contributed by atoms with Crippen LogP contribution >= 0.6 is 15.9 Å². The lowest BCUT2D eigenvalue weighted by molar-refractivity contribution is -0.385. The zero-order valence-electron chi connectivity index (χ0n) is 8.42. The molecule has 82 valence electrons. The lowest BCUT2D eigenvalue weighted by Gasteiger charge is -2.06. The molecule has 0 fully saturated rings. The van der Waals surface area contributed by atoms with Crippen LogP contribution in [0.25, 0.3) is 5.69 Å². The van der Waals surface area contributed by atoms with E-state index in [1.165, 1.54) is 6.07 Å². The first-order valence-corrected chi connectivity index (χ1v) is 5.32. The molecule has 0 radical (unpaired) electrons. The monoisotopic (exact) mass is 281 g/mol. The fourth-order valence-corrected chi connectivity index (χ4v) is 1.99. The number of nitro groups is 1. The van der Waals surface area contributed by atoms with Crippen LogP contribution in [0.1, 0.15) is 5.56 Å². The number of imidazole rings is 1. The number of nitro benzene ring substituents is 1. The predicted octanol–water partition coefficient (Wildman–Crippen LogP) is 2.85. The van der Waals surface area contributed by atoms with Gasteiger partial charge < -0.3 is 4.57 Å². The van der Waals surface area contributed by atoms with E-state index in [2.05, 4.69) is 20.9 Å². The summed E-state index contributed by atoms with van der Waals surface area (Å²) in [4.78, 5) is 14.3. The van der Waals surface area contributed by atoms with Gasteiger partial charge in [0, 0.05) is 28.5 Å². The average Bonchev–Trinajstić information content (AvgIpc) is 2.73. The Balaban J connectivity index is 2.59. The topological polar surface area (TPSA) is 61.0 Å². The molecular weight excluding hydrogens is 274 g/mol. The van der Waals surface area contributed by atoms with E-state index in [0.717, 1.165) is 5.69 Å². The number of aromatic nitrogens is 2. The van der Waals surface area contributed by atoms with Crippen molar-refractivity contribution in [2.45, 2.75) is 6.92 Å². The van der Waals surface area contributed by atoms with Gasteiger partial charge in [-0.3, -0.25) is 10.1 Å². The molecule has 0 aliphatic rings. The van der Waals surface area contributed by atoms with Crippen LogP contribution in [0.5, 0.6) is 0 Å². The lowest BCUT2D eigenvalue weighted by atomic mass is 10.2. The maximum absolute atomic E-state index is 10.7. The van der Waals surface area contributed by atoms with Crippen molar-refractivity contribution in [1.82, 2.24) is 9.55 Å². The molecule has 0 atom stereocenters. The molecule has 0 saturated carbocycles. The minimum atomic E-state index is -0.391. The molecule has 1 heterocycles. The van der Waals surface area contributed by atoms with Gasteiger partial charge in [-0.15, -0.1) is 0 Å². The van der Waals surface area contributed by atoms with Gasteiger partial charge in [0.1, 0.15) is 0 Å². The molecule has 0 unspecified atom stereocenters. The number of nitrogens with zero attached hydrogens (tertiary/aromatic N) is 3. The molecule has 2 rings (SSSR count). The van der Waals surface area contributed by atoms with Crippen LogP contribution in [-0.4, -0.2) is 14.5 Å². The Labute approximate surface area is 100 Å². The van der Waals surface area contributed by atoms with Crippen molar-refractivity contribution in [2.75, 3.05) is 0 Å². The molecule has 16 heavy (non-hydrogen) atoms. The van der Waals surface area contributed by atoms with Crippen molar-refractivity contribution in [2.24, 2.45) is 0 Å². The molecule has 0 N–H and O–H groups in total. The third-order valence-corrected chi connectivity index (χ3v) is 2.88. The normalized spacial score (nSPS) is 10.4. The summed E-state index contributed by atoms with van der Waals surface area (Å²) < 4.78 is 2.46. The Bertz CT molecular complexity index is 537. The molecule has 0 amide bonds. The largest absolute Gasteiger partial charge is 0.305 e. The molecule has 6 heteroatoms. The fourth-order valence-electron chi connectivity index (χ4n) is 1.45. The standard InChI is InChI=1S/C10H8BrN3O2/c1-7-4-10(13-3-2-12-6-13)8(11)5-9(7)14(15)16/h2-6H,1H3. The fraction of sp³-hybridized carbons (Fsp3) is 0.100. The minimum absolute atomic E-state index is 0.107. The maximum Gasteiger partial charge on any atom is 0.273 e. The molecule has 0 aliphatic heterocycles. The number of halogens is 1. The molecule has 5 nitrogen and oxygen atoms in total. The summed E-state index contributed by atoms with van der Waals surface area (Å²) >= 11 is 3.32. The summed E-state index contributed by atoms with van der Waals surface area (Å²) in [6.07, 6.45) is 5.08. The Morgan fingerprint density at radius 3 is 2.81 bits per heavy atom. The van der Waals surface area contributed by atoms with Crippen molar-refractivity contribution >= 4 is 21.6 Å². The summed E-state index contributed by atoms with van der Waals surface area (Å²) in [6.45, 7) is 1.71. The van der Waals surface area contributed by atoms with E-state index in [1.54, 1.807) is 36.3 Å². The zero-order valence-corrected chi connectivity index (χ0v) is 10.0. The molecule has 0 spiro atoms. The Kier molecular flexibility index (Phi) is 2.74. The minimum Gasteiger partial charge on any atom is -0.305 e. The quantitative estimate of drug-likeness (QED) is 0.628. The van der Waals surface area contributed by atoms with Crippen molar-refractivity contribution in [1.29, 1.82) is 0 Å². The SMILES string of the molecule is Cc1cc(-n2ccnc2)c(Br)cc1[N+](=O)[O-]. The molecule has 1 aromatic carbocycles. The second kappa shape index (κ2) is 4.05. The molecule has 0 saturated heterocycles. The third-order valence-electron chi connectivity index (χ3n) is 2.24. The van der Waals surface area contributed by atoms with E-state index in [-0.39, 0.29) is 5.69 Å². The van der Waals surface area contributed by atoms with Crippen LogP contribution in [0.15, 0.2) is 35.3 Å². The van der Waals surface area contributed by atoms with E-state index in [1.807, 2.05) is 0 Å². The highest BCUT2D eigenvalue weighted by Crippen LogP contribution is 2.29. The van der Waals surface area contributed by atoms with E-state index in [0.29, 0.717) is 10.0 Å². The number of aryl methyl sites for hydroxylation is 1. The van der Waals surface area contributed by atoms with Crippen molar-refractivity contribution in [3.8, 4) is 5.69 Å². The van der Waals surface area contributed by atoms with Crippen LogP contribution in [0.2, 0.25) is 0 Å². The van der Waals surface area contributed by atoms with Gasteiger partial charge >= 0.3 is 0 Å². The third kappa shape index (κ3) is 1.83. The van der Waals surface area contributed by atoms with Gasteiger partial charge in [0.2, 0.25) is 0 Å². The maximum atomic E-state index is 10.7. The highest BCUT2D eigenvalue weighted by atomic mass is 79.9. The number of hydrogen-bond acceptors (Lipinski definition) is 3. The van der Waals surface area contributed by atoms with Gasteiger partial charge in [-0.05, 0) is 28.9 Å². The highest BCUT2D eigenvalue weighted by molar-refractivity contribution is 9.10. The van der Waals surface area contributed by atoms with E-state index in [4.69, 9.17) is 0 Å². The number of hydrogen-bond donors (Lipinski definition) is 0. The smallest absolute Gasteiger partial charge is 0.273 e. The van der Waals surface area contributed by atoms with E-state index in [9.17, 15) is 10.1 Å². The van der Waals surface area contributed by atoms with Gasteiger partial charge in [-0.2, -0.15) is 0 Å². The van der Waals surface area contributed by atoms with Crippen LogP contribution in [0, 0.1) is 17.0 Å². The van der Waals surface area contributed by atoms with E-state index >= 15 is 0 Å². The first-order chi connectivity index (χ1) is 7.59. The summed E-state index contributed by atoms with van der Waals surface area (Å²) in [5.74, 6) is 0. The van der Waals surface area contributed by atoms with Gasteiger partial charge in [0.15, 0.2) is 0 Å². The number of benzene rings is 1. The summed E-state index contributed by atoms with van der Waals surface area (Å²) in [5, 5.41) is 10.7. The molecule has 0 bridgehead atoms.